The van der Waals surface area contributed by atoms with Crippen molar-refractivity contribution in [2.45, 2.75) is 20.3 Å². The van der Waals surface area contributed by atoms with Crippen LogP contribution in [0.1, 0.15) is 18.1 Å². The molecular formula is C12H17N. The molecule has 1 aromatic rings. The van der Waals surface area contributed by atoms with Crippen molar-refractivity contribution < 1.29 is 0 Å². The Labute approximate surface area is 80.5 Å². The molecule has 0 aliphatic carbocycles. The Morgan fingerprint density at radius 3 is 2.69 bits per heavy atom. The molecule has 0 heterocycles. The van der Waals surface area contributed by atoms with Gasteiger partial charge in [0.15, 0.2) is 0 Å². The lowest BCUT2D eigenvalue weighted by atomic mass is 10.1. The maximum absolute atomic E-state index is 3.12. The Bertz CT molecular complexity index is 300. The average Bonchev–Trinajstić information content (AvgIpc) is 2.16. The Morgan fingerprint density at radius 1 is 1.38 bits per heavy atom. The van der Waals surface area contributed by atoms with E-state index in [2.05, 4.69) is 49.5 Å². The van der Waals surface area contributed by atoms with Crippen molar-refractivity contribution >= 4 is 0 Å². The summed E-state index contributed by atoms with van der Waals surface area (Å²) in [7, 11) is 1.95. The van der Waals surface area contributed by atoms with E-state index in [0.717, 1.165) is 6.42 Å². The fraction of sp³-hybridized carbons (Fsp3) is 0.333. The number of nitrogens with one attached hydrogen (secondary N) is 1. The first kappa shape index (κ1) is 9.85. The van der Waals surface area contributed by atoms with Crippen molar-refractivity contribution in [1.29, 1.82) is 0 Å². The summed E-state index contributed by atoms with van der Waals surface area (Å²) in [4.78, 5) is 0. The molecule has 0 aliphatic heterocycles. The van der Waals surface area contributed by atoms with Gasteiger partial charge in [-0.2, -0.15) is 0 Å². The lowest BCUT2D eigenvalue weighted by molar-refractivity contribution is 0.970. The van der Waals surface area contributed by atoms with Gasteiger partial charge in [0.05, 0.1) is 0 Å². The second kappa shape index (κ2) is 4.70. The zero-order valence-electron chi connectivity index (χ0n) is 8.59. The monoisotopic (exact) mass is 175 g/mol. The first-order chi connectivity index (χ1) is 6.24. The van der Waals surface area contributed by atoms with E-state index in [1.807, 2.05) is 7.05 Å². The highest BCUT2D eigenvalue weighted by molar-refractivity contribution is 5.27. The third-order valence-electron chi connectivity index (χ3n) is 2.28. The van der Waals surface area contributed by atoms with E-state index in [1.165, 1.54) is 16.8 Å². The summed E-state index contributed by atoms with van der Waals surface area (Å²) in [5.74, 6) is 0. The van der Waals surface area contributed by atoms with Gasteiger partial charge in [-0.05, 0) is 31.4 Å². The van der Waals surface area contributed by atoms with Crippen molar-refractivity contribution in [3.8, 4) is 0 Å². The molecule has 0 radical (unpaired) electrons. The highest BCUT2D eigenvalue weighted by Crippen LogP contribution is 2.08. The number of hydrogen-bond acceptors (Lipinski definition) is 1. The topological polar surface area (TPSA) is 12.0 Å². The van der Waals surface area contributed by atoms with E-state index >= 15 is 0 Å². The van der Waals surface area contributed by atoms with Crippen LogP contribution in [0.2, 0.25) is 0 Å². The summed E-state index contributed by atoms with van der Waals surface area (Å²) in [6.07, 6.45) is 3.22. The predicted octanol–water partition coefficient (Wildman–Crippen LogP) is 2.66. The van der Waals surface area contributed by atoms with E-state index < -0.39 is 0 Å². The molecule has 0 atom stereocenters. The maximum atomic E-state index is 3.12. The highest BCUT2D eigenvalue weighted by atomic mass is 14.8. The van der Waals surface area contributed by atoms with Crippen molar-refractivity contribution in [1.82, 2.24) is 5.32 Å². The molecule has 70 valence electrons. The molecule has 0 amide bonds. The predicted molar refractivity (Wildman–Crippen MR) is 57.7 cm³/mol. The van der Waals surface area contributed by atoms with Gasteiger partial charge in [-0.3, -0.25) is 0 Å². The Kier molecular flexibility index (Phi) is 3.56. The molecule has 0 saturated heterocycles. The molecule has 1 N–H and O–H groups in total. The van der Waals surface area contributed by atoms with Crippen LogP contribution >= 0.6 is 0 Å². The SMILES string of the molecule is CN/C(C)=C\Cc1ccccc1C. The summed E-state index contributed by atoms with van der Waals surface area (Å²) < 4.78 is 0. The average molecular weight is 175 g/mol. The van der Waals surface area contributed by atoms with Gasteiger partial charge in [0.2, 0.25) is 0 Å². The van der Waals surface area contributed by atoms with Crippen molar-refractivity contribution in [2.24, 2.45) is 0 Å². The second-order valence-corrected chi connectivity index (χ2v) is 3.27. The van der Waals surface area contributed by atoms with Crippen LogP contribution in [0.15, 0.2) is 36.0 Å². The zero-order valence-corrected chi connectivity index (χ0v) is 8.59. The molecule has 13 heavy (non-hydrogen) atoms. The third kappa shape index (κ3) is 2.94. The second-order valence-electron chi connectivity index (χ2n) is 3.27. The van der Waals surface area contributed by atoms with Gasteiger partial charge in [0.1, 0.15) is 0 Å². The highest BCUT2D eigenvalue weighted by Gasteiger charge is 1.93. The maximum Gasteiger partial charge on any atom is 0.00353 e. The summed E-state index contributed by atoms with van der Waals surface area (Å²) in [5, 5.41) is 3.12. The quantitative estimate of drug-likeness (QED) is 0.744. The zero-order chi connectivity index (χ0) is 9.68. The molecule has 0 spiro atoms. The number of rotatable bonds is 3. The van der Waals surface area contributed by atoms with E-state index in [-0.39, 0.29) is 0 Å². The van der Waals surface area contributed by atoms with Crippen LogP contribution in [0.4, 0.5) is 0 Å². The van der Waals surface area contributed by atoms with Crippen LogP contribution in [-0.4, -0.2) is 7.05 Å². The van der Waals surface area contributed by atoms with Crippen LogP contribution in [0.5, 0.6) is 0 Å². The Morgan fingerprint density at radius 2 is 2.08 bits per heavy atom. The van der Waals surface area contributed by atoms with E-state index in [9.17, 15) is 0 Å². The first-order valence-corrected chi connectivity index (χ1v) is 4.63. The van der Waals surface area contributed by atoms with Crippen LogP contribution in [0, 0.1) is 6.92 Å². The molecule has 0 fully saturated rings. The van der Waals surface area contributed by atoms with Gasteiger partial charge in [-0.15, -0.1) is 0 Å². The standard InChI is InChI=1S/C12H17N/c1-10-6-4-5-7-12(10)9-8-11(2)13-3/h4-8,13H,9H2,1-3H3/b11-8-. The first-order valence-electron chi connectivity index (χ1n) is 4.63. The van der Waals surface area contributed by atoms with Gasteiger partial charge in [-0.1, -0.05) is 30.3 Å². The number of hydrogen-bond donors (Lipinski definition) is 1. The molecule has 1 heteroatoms. The molecule has 1 nitrogen and oxygen atoms in total. The lowest BCUT2D eigenvalue weighted by Gasteiger charge is -2.03. The molecule has 0 bridgehead atoms. The molecule has 1 aromatic carbocycles. The van der Waals surface area contributed by atoms with Crippen LogP contribution in [0.3, 0.4) is 0 Å². The van der Waals surface area contributed by atoms with Gasteiger partial charge >= 0.3 is 0 Å². The third-order valence-corrected chi connectivity index (χ3v) is 2.28. The van der Waals surface area contributed by atoms with Crippen LogP contribution in [0.25, 0.3) is 0 Å². The van der Waals surface area contributed by atoms with Gasteiger partial charge in [0, 0.05) is 12.7 Å². The van der Waals surface area contributed by atoms with Crippen LogP contribution < -0.4 is 5.32 Å². The van der Waals surface area contributed by atoms with E-state index in [0.29, 0.717) is 0 Å². The van der Waals surface area contributed by atoms with Crippen molar-refractivity contribution in [3.63, 3.8) is 0 Å². The minimum atomic E-state index is 1.01. The molecule has 0 unspecified atom stereocenters. The lowest BCUT2D eigenvalue weighted by Crippen LogP contribution is -2.02. The number of benzene rings is 1. The fourth-order valence-electron chi connectivity index (χ4n) is 1.20. The molecule has 0 aromatic heterocycles. The van der Waals surface area contributed by atoms with Gasteiger partial charge in [-0.25, -0.2) is 0 Å². The van der Waals surface area contributed by atoms with E-state index in [1.54, 1.807) is 0 Å². The van der Waals surface area contributed by atoms with Crippen LogP contribution in [-0.2, 0) is 6.42 Å². The number of aryl methyl sites for hydroxylation is 1. The summed E-state index contributed by atoms with van der Waals surface area (Å²) in [6, 6.07) is 8.49. The number of allylic oxidation sites excluding steroid dienone is 2. The van der Waals surface area contributed by atoms with E-state index in [4.69, 9.17) is 0 Å². The summed E-state index contributed by atoms with van der Waals surface area (Å²) in [6.45, 7) is 4.23. The minimum absolute atomic E-state index is 1.01. The smallest absolute Gasteiger partial charge is 0.00353 e. The Hall–Kier alpha value is -1.24. The van der Waals surface area contributed by atoms with Crippen molar-refractivity contribution in [3.05, 3.63) is 47.2 Å². The van der Waals surface area contributed by atoms with Gasteiger partial charge < -0.3 is 5.32 Å². The molecular weight excluding hydrogens is 158 g/mol. The molecule has 1 rings (SSSR count). The molecule has 0 saturated carbocycles. The summed E-state index contributed by atoms with van der Waals surface area (Å²) >= 11 is 0. The fourth-order valence-corrected chi connectivity index (χ4v) is 1.20. The normalized spacial score (nSPS) is 11.5. The summed E-state index contributed by atoms with van der Waals surface area (Å²) in [5.41, 5.74) is 3.99. The molecule has 0 aliphatic rings. The largest absolute Gasteiger partial charge is 0.392 e. The minimum Gasteiger partial charge on any atom is -0.392 e. The van der Waals surface area contributed by atoms with Crippen molar-refractivity contribution in [2.75, 3.05) is 7.05 Å². The Balaban J connectivity index is 2.70. The van der Waals surface area contributed by atoms with Gasteiger partial charge in [0.25, 0.3) is 0 Å².